The summed E-state index contributed by atoms with van der Waals surface area (Å²) in [7, 11) is 0. The molecule has 0 unspecified atom stereocenters. The van der Waals surface area contributed by atoms with E-state index in [-0.39, 0.29) is 0 Å². The van der Waals surface area contributed by atoms with Crippen LogP contribution in [0.25, 0.3) is 5.70 Å². The van der Waals surface area contributed by atoms with Crippen molar-refractivity contribution in [1.29, 1.82) is 0 Å². The molecular weight excluding hydrogens is 341 g/mol. The van der Waals surface area contributed by atoms with E-state index in [4.69, 9.17) is 28.9 Å². The van der Waals surface area contributed by atoms with Gasteiger partial charge in [0.2, 0.25) is 0 Å². The van der Waals surface area contributed by atoms with Crippen molar-refractivity contribution >= 4 is 40.3 Å². The van der Waals surface area contributed by atoms with E-state index >= 15 is 0 Å². The molecule has 2 aromatic carbocycles. The third-order valence-electron chi connectivity index (χ3n) is 3.47. The summed E-state index contributed by atoms with van der Waals surface area (Å²) in [6.45, 7) is 3.82. The molecule has 0 fully saturated rings. The van der Waals surface area contributed by atoms with Gasteiger partial charge in [-0.2, -0.15) is 10.2 Å². The monoisotopic (exact) mass is 359 g/mol. The molecule has 124 valence electrons. The summed E-state index contributed by atoms with van der Waals surface area (Å²) in [5.41, 5.74) is 9.85. The average Bonchev–Trinajstić information content (AvgIpc) is 2.62. The molecule has 24 heavy (non-hydrogen) atoms. The van der Waals surface area contributed by atoms with Gasteiger partial charge in [0.1, 0.15) is 0 Å². The van der Waals surface area contributed by atoms with Crippen LogP contribution in [0.2, 0.25) is 5.02 Å². The molecule has 0 atom stereocenters. The van der Waals surface area contributed by atoms with Crippen molar-refractivity contribution in [2.75, 3.05) is 0 Å². The second kappa shape index (κ2) is 8.67. The lowest BCUT2D eigenvalue weighted by Crippen LogP contribution is -2.04. The zero-order valence-corrected chi connectivity index (χ0v) is 15.1. The van der Waals surface area contributed by atoms with Gasteiger partial charge in [0, 0.05) is 5.02 Å². The first kappa shape index (κ1) is 18.2. The van der Waals surface area contributed by atoms with E-state index in [0.717, 1.165) is 23.3 Å². The number of rotatable bonds is 5. The highest BCUT2D eigenvalue weighted by Crippen LogP contribution is 2.20. The number of nitrogens with two attached hydrogens (primary N) is 1. The van der Waals surface area contributed by atoms with E-state index in [1.807, 2.05) is 49.4 Å². The first-order chi connectivity index (χ1) is 11.5. The highest BCUT2D eigenvalue weighted by Gasteiger charge is 2.07. The summed E-state index contributed by atoms with van der Waals surface area (Å²) in [4.78, 5) is 0. The summed E-state index contributed by atoms with van der Waals surface area (Å²) < 4.78 is 0. The molecule has 0 saturated carbocycles. The molecule has 0 spiro atoms. The van der Waals surface area contributed by atoms with E-state index in [9.17, 15) is 0 Å². The molecule has 0 aromatic heterocycles. The molecule has 0 saturated heterocycles. The van der Waals surface area contributed by atoms with Crippen LogP contribution >= 0.6 is 23.2 Å². The summed E-state index contributed by atoms with van der Waals surface area (Å²) >= 11 is 12.2. The van der Waals surface area contributed by atoms with E-state index in [1.165, 1.54) is 0 Å². The predicted octanol–water partition coefficient (Wildman–Crippen LogP) is 5.48. The summed E-state index contributed by atoms with van der Waals surface area (Å²) in [6.07, 6.45) is 0.773. The molecule has 2 aromatic rings. The van der Waals surface area contributed by atoms with E-state index in [0.29, 0.717) is 21.5 Å². The lowest BCUT2D eigenvalue weighted by molar-refractivity contribution is 1.16. The molecule has 0 radical (unpaired) electrons. The minimum Gasteiger partial charge on any atom is -0.397 e. The Morgan fingerprint density at radius 3 is 2.17 bits per heavy atom. The Kier molecular flexibility index (Phi) is 6.59. The van der Waals surface area contributed by atoms with E-state index in [1.54, 1.807) is 19.1 Å². The maximum Gasteiger partial charge on any atom is 0.0872 e. The summed E-state index contributed by atoms with van der Waals surface area (Å²) in [5.74, 6) is 0. The first-order valence-electron chi connectivity index (χ1n) is 7.61. The molecular formula is C19H19Cl2N3. The first-order valence-corrected chi connectivity index (χ1v) is 8.36. The lowest BCUT2D eigenvalue weighted by atomic mass is 10.1. The van der Waals surface area contributed by atoms with Gasteiger partial charge in [-0.05, 0) is 36.6 Å². The van der Waals surface area contributed by atoms with Crippen molar-refractivity contribution in [2.24, 2.45) is 15.9 Å². The van der Waals surface area contributed by atoms with Crippen molar-refractivity contribution < 1.29 is 0 Å². The summed E-state index contributed by atoms with van der Waals surface area (Å²) in [5, 5.41) is 9.60. The van der Waals surface area contributed by atoms with E-state index in [2.05, 4.69) is 10.2 Å². The van der Waals surface area contributed by atoms with Crippen LogP contribution in [0.1, 0.15) is 31.4 Å². The standard InChI is InChI=1S/C19H19Cl2N3/c1-3-17(14-7-5-4-6-8-14)24-23-13(2)18(21)19(22)15-9-11-16(20)12-10-15/h4-12H,3,22H2,1-2H3/b19-18+,23-13-,24-17-. The highest BCUT2D eigenvalue weighted by atomic mass is 35.5. The topological polar surface area (TPSA) is 50.7 Å². The number of hydrogen-bond donors (Lipinski definition) is 1. The largest absolute Gasteiger partial charge is 0.397 e. The SMILES string of the molecule is CC/C(=N/N=C(C)\C(Cl)=C(/N)c1ccc(Cl)cc1)c1ccccc1. The van der Waals surface area contributed by atoms with Gasteiger partial charge in [0.25, 0.3) is 0 Å². The Morgan fingerprint density at radius 2 is 1.58 bits per heavy atom. The predicted molar refractivity (Wildman–Crippen MR) is 105 cm³/mol. The van der Waals surface area contributed by atoms with Crippen LogP contribution < -0.4 is 5.73 Å². The fourth-order valence-corrected chi connectivity index (χ4v) is 2.37. The molecule has 0 aliphatic heterocycles. The number of hydrogen-bond acceptors (Lipinski definition) is 3. The minimum atomic E-state index is 0.379. The quantitative estimate of drug-likeness (QED) is 0.557. The fourth-order valence-electron chi connectivity index (χ4n) is 2.09. The smallest absolute Gasteiger partial charge is 0.0872 e. The molecule has 5 heteroatoms. The molecule has 3 nitrogen and oxygen atoms in total. The number of benzene rings is 2. The average molecular weight is 360 g/mol. The van der Waals surface area contributed by atoms with Crippen molar-refractivity contribution in [3.63, 3.8) is 0 Å². The maximum atomic E-state index is 6.35. The second-order valence-corrected chi connectivity index (χ2v) is 6.00. The van der Waals surface area contributed by atoms with E-state index < -0.39 is 0 Å². The molecule has 0 amide bonds. The molecule has 2 N–H and O–H groups in total. The maximum absolute atomic E-state index is 6.35. The number of nitrogens with zero attached hydrogens (tertiary/aromatic N) is 2. The molecule has 0 aliphatic carbocycles. The minimum absolute atomic E-state index is 0.379. The van der Waals surface area contributed by atoms with Crippen LogP contribution in [0.15, 0.2) is 69.8 Å². The van der Waals surface area contributed by atoms with Gasteiger partial charge in [-0.15, -0.1) is 0 Å². The van der Waals surface area contributed by atoms with Crippen LogP contribution in [0.3, 0.4) is 0 Å². The van der Waals surface area contributed by atoms with Gasteiger partial charge in [0.05, 0.1) is 22.2 Å². The molecule has 0 aliphatic rings. The molecule has 0 bridgehead atoms. The van der Waals surface area contributed by atoms with Gasteiger partial charge < -0.3 is 5.73 Å². The van der Waals surface area contributed by atoms with Crippen LogP contribution in [0.4, 0.5) is 0 Å². The van der Waals surface area contributed by atoms with Crippen LogP contribution in [0, 0.1) is 0 Å². The van der Waals surface area contributed by atoms with Crippen molar-refractivity contribution in [2.45, 2.75) is 20.3 Å². The third-order valence-corrected chi connectivity index (χ3v) is 4.20. The van der Waals surface area contributed by atoms with Gasteiger partial charge in [-0.25, -0.2) is 0 Å². The van der Waals surface area contributed by atoms with Crippen molar-refractivity contribution in [1.82, 2.24) is 0 Å². The molecule has 2 rings (SSSR count). The van der Waals surface area contributed by atoms with Gasteiger partial charge in [0.15, 0.2) is 0 Å². The Morgan fingerprint density at radius 1 is 0.958 bits per heavy atom. The van der Waals surface area contributed by atoms with Crippen LogP contribution in [0.5, 0.6) is 0 Å². The Bertz CT molecular complexity index is 776. The summed E-state index contributed by atoms with van der Waals surface area (Å²) in [6, 6.07) is 17.1. The highest BCUT2D eigenvalue weighted by molar-refractivity contribution is 6.46. The van der Waals surface area contributed by atoms with Gasteiger partial charge >= 0.3 is 0 Å². The Hall–Kier alpha value is -2.10. The van der Waals surface area contributed by atoms with Crippen molar-refractivity contribution in [3.8, 4) is 0 Å². The van der Waals surface area contributed by atoms with Gasteiger partial charge in [-0.1, -0.05) is 72.6 Å². The Labute approximate surface area is 152 Å². The van der Waals surface area contributed by atoms with Crippen molar-refractivity contribution in [3.05, 3.63) is 75.8 Å². The Balaban J connectivity index is 2.30. The van der Waals surface area contributed by atoms with Gasteiger partial charge in [-0.3, -0.25) is 0 Å². The normalized spacial score (nSPS) is 13.7. The third kappa shape index (κ3) is 4.70. The lowest BCUT2D eigenvalue weighted by Gasteiger charge is -2.06. The number of allylic oxidation sites excluding steroid dienone is 1. The van der Waals surface area contributed by atoms with Crippen LogP contribution in [-0.2, 0) is 0 Å². The zero-order chi connectivity index (χ0) is 17.5. The second-order valence-electron chi connectivity index (χ2n) is 5.19. The zero-order valence-electron chi connectivity index (χ0n) is 13.6. The fraction of sp³-hybridized carbons (Fsp3) is 0.158. The number of halogens is 2. The molecule has 0 heterocycles. The van der Waals surface area contributed by atoms with Crippen LogP contribution in [-0.4, -0.2) is 11.4 Å².